The molecule has 0 aromatic carbocycles. The predicted molar refractivity (Wildman–Crippen MR) is 68.2 cm³/mol. The first-order chi connectivity index (χ1) is 8.67. The fourth-order valence-corrected chi connectivity index (χ4v) is 3.99. The van der Waals surface area contributed by atoms with Crippen molar-refractivity contribution in [3.8, 4) is 12.3 Å². The van der Waals surface area contributed by atoms with Gasteiger partial charge in [-0.3, -0.25) is 0 Å². The van der Waals surface area contributed by atoms with Gasteiger partial charge in [-0.05, 0) is 13.3 Å². The molecule has 0 aromatic rings. The summed E-state index contributed by atoms with van der Waals surface area (Å²) in [5.74, 6) is 0.771. The van der Waals surface area contributed by atoms with E-state index in [0.29, 0.717) is 6.42 Å². The molecule has 7 nitrogen and oxygen atoms in total. The Bertz CT molecular complexity index is 522. The minimum Gasteiger partial charge on any atom is -0.480 e. The molecule has 1 aliphatic heterocycles. The lowest BCUT2D eigenvalue weighted by Gasteiger charge is -2.25. The number of carbonyl (C=O) groups excluding carboxylic acids is 1. The number of sulfone groups is 1. The fraction of sp³-hybridized carbons (Fsp3) is 0.636. The minimum atomic E-state index is -3.15. The average molecular weight is 288 g/mol. The lowest BCUT2D eigenvalue weighted by atomic mass is 10.0. The van der Waals surface area contributed by atoms with Gasteiger partial charge in [-0.25, -0.2) is 18.0 Å². The second kappa shape index (κ2) is 5.48. The van der Waals surface area contributed by atoms with E-state index in [1.54, 1.807) is 6.92 Å². The van der Waals surface area contributed by atoms with Crippen molar-refractivity contribution in [1.82, 2.24) is 10.6 Å². The van der Waals surface area contributed by atoms with Gasteiger partial charge in [0.25, 0.3) is 0 Å². The molecule has 3 N–H and O–H groups in total. The fourth-order valence-electron chi connectivity index (χ4n) is 1.90. The van der Waals surface area contributed by atoms with Crippen LogP contribution in [0.15, 0.2) is 0 Å². The van der Waals surface area contributed by atoms with Crippen molar-refractivity contribution >= 4 is 21.8 Å². The lowest BCUT2D eigenvalue weighted by molar-refractivity contribution is -0.139. The van der Waals surface area contributed by atoms with Crippen molar-refractivity contribution in [2.24, 2.45) is 0 Å². The van der Waals surface area contributed by atoms with Gasteiger partial charge in [-0.1, -0.05) is 0 Å². The normalized spacial score (nSPS) is 26.1. The third-order valence-electron chi connectivity index (χ3n) is 2.84. The molecule has 1 fully saturated rings. The molecule has 0 aromatic heterocycles. The van der Waals surface area contributed by atoms with Crippen molar-refractivity contribution in [1.29, 1.82) is 0 Å². The predicted octanol–water partition coefficient (Wildman–Crippen LogP) is -0.661. The van der Waals surface area contributed by atoms with E-state index in [9.17, 15) is 18.0 Å². The van der Waals surface area contributed by atoms with Gasteiger partial charge in [0.15, 0.2) is 9.84 Å². The molecule has 0 radical (unpaired) electrons. The van der Waals surface area contributed by atoms with Gasteiger partial charge >= 0.3 is 12.0 Å². The van der Waals surface area contributed by atoms with E-state index < -0.39 is 33.4 Å². The molecule has 0 saturated carbocycles. The van der Waals surface area contributed by atoms with Crippen LogP contribution in [0.1, 0.15) is 19.8 Å². The van der Waals surface area contributed by atoms with Gasteiger partial charge in [-0.2, -0.15) is 0 Å². The van der Waals surface area contributed by atoms with Crippen molar-refractivity contribution in [2.45, 2.75) is 31.3 Å². The van der Waals surface area contributed by atoms with Crippen LogP contribution >= 0.6 is 0 Å². The highest BCUT2D eigenvalue weighted by atomic mass is 32.2. The number of amides is 2. The standard InChI is InChI=1S/C11H16N2O5S/c1-3-4-8(9(14)15)12-10(16)13-11(2)5-6-19(17,18)7-11/h1,8H,4-7H2,2H3,(H,14,15)(H2,12,13,16). The molecule has 1 heterocycles. The Morgan fingerprint density at radius 3 is 2.58 bits per heavy atom. The van der Waals surface area contributed by atoms with Crippen molar-refractivity contribution in [3.05, 3.63) is 0 Å². The van der Waals surface area contributed by atoms with Crippen LogP contribution < -0.4 is 10.6 Å². The third-order valence-corrected chi connectivity index (χ3v) is 4.75. The monoisotopic (exact) mass is 288 g/mol. The number of hydrogen-bond donors (Lipinski definition) is 3. The molecule has 0 spiro atoms. The van der Waals surface area contributed by atoms with Crippen LogP contribution in [0, 0.1) is 12.3 Å². The first-order valence-corrected chi connectivity index (χ1v) is 7.45. The zero-order chi connectivity index (χ0) is 14.7. The summed E-state index contributed by atoms with van der Waals surface area (Å²) in [5, 5.41) is 13.5. The highest BCUT2D eigenvalue weighted by Gasteiger charge is 2.39. The Morgan fingerprint density at radius 2 is 2.16 bits per heavy atom. The van der Waals surface area contributed by atoms with Gasteiger partial charge in [0.2, 0.25) is 0 Å². The van der Waals surface area contributed by atoms with Crippen LogP contribution in [0.2, 0.25) is 0 Å². The second-order valence-electron chi connectivity index (χ2n) is 4.80. The molecule has 2 atom stereocenters. The summed E-state index contributed by atoms with van der Waals surface area (Å²) in [6.45, 7) is 1.61. The Morgan fingerprint density at radius 1 is 1.53 bits per heavy atom. The molecule has 2 amide bonds. The number of urea groups is 1. The topological polar surface area (TPSA) is 113 Å². The van der Waals surface area contributed by atoms with Crippen LogP contribution in [0.4, 0.5) is 4.79 Å². The number of rotatable bonds is 4. The van der Waals surface area contributed by atoms with E-state index in [4.69, 9.17) is 11.5 Å². The molecular formula is C11H16N2O5S. The average Bonchev–Trinajstić information content (AvgIpc) is 2.51. The minimum absolute atomic E-state index is 0.0104. The van der Waals surface area contributed by atoms with Gasteiger partial charge in [0.1, 0.15) is 6.04 Å². The van der Waals surface area contributed by atoms with E-state index in [1.165, 1.54) is 0 Å². The lowest BCUT2D eigenvalue weighted by Crippen LogP contribution is -2.54. The summed E-state index contributed by atoms with van der Waals surface area (Å²) in [7, 11) is -3.15. The molecule has 1 rings (SSSR count). The zero-order valence-electron chi connectivity index (χ0n) is 10.5. The number of aliphatic carboxylic acids is 1. The second-order valence-corrected chi connectivity index (χ2v) is 6.98. The van der Waals surface area contributed by atoms with Crippen LogP contribution in [-0.4, -0.2) is 48.6 Å². The Labute approximate surface area is 111 Å². The SMILES string of the molecule is C#CCC(NC(=O)NC1(C)CCS(=O)(=O)C1)C(=O)O. The maximum Gasteiger partial charge on any atom is 0.327 e. The number of carboxylic acid groups (broad SMARTS) is 1. The van der Waals surface area contributed by atoms with Gasteiger partial charge in [0, 0.05) is 6.42 Å². The summed E-state index contributed by atoms with van der Waals surface area (Å²) in [5.41, 5.74) is -0.873. The number of nitrogens with one attached hydrogen (secondary N) is 2. The molecular weight excluding hydrogens is 272 g/mol. The maximum atomic E-state index is 11.7. The molecule has 8 heteroatoms. The van der Waals surface area contributed by atoms with Crippen molar-refractivity contribution in [2.75, 3.05) is 11.5 Å². The van der Waals surface area contributed by atoms with E-state index in [1.807, 2.05) is 0 Å². The summed E-state index contributed by atoms with van der Waals surface area (Å²) in [6, 6.07) is -1.92. The van der Waals surface area contributed by atoms with Crippen molar-refractivity contribution in [3.63, 3.8) is 0 Å². The maximum absolute atomic E-state index is 11.7. The van der Waals surface area contributed by atoms with E-state index in [2.05, 4.69) is 16.6 Å². The van der Waals surface area contributed by atoms with E-state index >= 15 is 0 Å². The quantitative estimate of drug-likeness (QED) is 0.594. The molecule has 0 bridgehead atoms. The van der Waals surface area contributed by atoms with Gasteiger partial charge < -0.3 is 15.7 Å². The molecule has 0 aliphatic carbocycles. The molecule has 1 aliphatic rings. The Balaban J connectivity index is 2.61. The van der Waals surface area contributed by atoms with Crippen LogP contribution in [0.5, 0.6) is 0 Å². The summed E-state index contributed by atoms with van der Waals surface area (Å²) >= 11 is 0. The molecule has 106 valence electrons. The van der Waals surface area contributed by atoms with E-state index in [-0.39, 0.29) is 17.9 Å². The zero-order valence-corrected chi connectivity index (χ0v) is 11.3. The highest BCUT2D eigenvalue weighted by Crippen LogP contribution is 2.22. The Hall–Kier alpha value is -1.75. The first-order valence-electron chi connectivity index (χ1n) is 5.63. The summed E-state index contributed by atoms with van der Waals surface area (Å²) in [4.78, 5) is 22.5. The van der Waals surface area contributed by atoms with Crippen LogP contribution in [0.3, 0.4) is 0 Å². The molecule has 19 heavy (non-hydrogen) atoms. The van der Waals surface area contributed by atoms with E-state index in [0.717, 1.165) is 0 Å². The van der Waals surface area contributed by atoms with Crippen molar-refractivity contribution < 1.29 is 23.1 Å². The summed E-state index contributed by atoms with van der Waals surface area (Å²) in [6.07, 6.45) is 5.16. The number of carboxylic acids is 1. The van der Waals surface area contributed by atoms with Crippen LogP contribution in [0.25, 0.3) is 0 Å². The largest absolute Gasteiger partial charge is 0.480 e. The number of carbonyl (C=O) groups is 2. The number of hydrogen-bond acceptors (Lipinski definition) is 4. The smallest absolute Gasteiger partial charge is 0.327 e. The number of terminal acetylenes is 1. The summed E-state index contributed by atoms with van der Waals surface area (Å²) < 4.78 is 22.7. The van der Waals surface area contributed by atoms with Crippen LogP contribution in [-0.2, 0) is 14.6 Å². The Kier molecular flexibility index (Phi) is 4.42. The van der Waals surface area contributed by atoms with Gasteiger partial charge in [0.05, 0.1) is 17.0 Å². The molecule has 2 unspecified atom stereocenters. The highest BCUT2D eigenvalue weighted by molar-refractivity contribution is 7.91. The van der Waals surface area contributed by atoms with Gasteiger partial charge in [-0.15, -0.1) is 12.3 Å². The molecule has 1 saturated heterocycles. The first kappa shape index (κ1) is 15.3. The third kappa shape index (κ3) is 4.44.